The number of hydrogen-bond acceptors (Lipinski definition) is 3. The Hall–Kier alpha value is -0.940. The van der Waals surface area contributed by atoms with Gasteiger partial charge in [0.15, 0.2) is 0 Å². The van der Waals surface area contributed by atoms with Crippen molar-refractivity contribution >= 4 is 21.8 Å². The first-order valence-corrected chi connectivity index (χ1v) is 5.15. The molecule has 74 valence electrons. The largest absolute Gasteiger partial charge is 0.346 e. The second kappa shape index (κ2) is 3.67. The van der Waals surface area contributed by atoms with E-state index in [9.17, 15) is 4.79 Å². The molecule has 1 fully saturated rings. The zero-order chi connectivity index (χ0) is 10.1. The Kier molecular flexibility index (Phi) is 2.52. The van der Waals surface area contributed by atoms with Crippen LogP contribution in [0.25, 0.3) is 0 Å². The number of hydrogen-bond donors (Lipinski definition) is 2. The number of halogens is 1. The van der Waals surface area contributed by atoms with Crippen molar-refractivity contribution in [3.63, 3.8) is 0 Å². The number of nitrogens with two attached hydrogens (primary N) is 1. The Morgan fingerprint density at radius 1 is 1.71 bits per heavy atom. The highest BCUT2D eigenvalue weighted by Gasteiger charge is 2.35. The number of carbonyl (C=O) groups excluding carboxylic acids is 1. The van der Waals surface area contributed by atoms with E-state index >= 15 is 0 Å². The highest BCUT2D eigenvalue weighted by atomic mass is 79.9. The molecule has 1 saturated carbocycles. The van der Waals surface area contributed by atoms with Crippen molar-refractivity contribution in [2.75, 3.05) is 0 Å². The normalized spacial score (nSPS) is 24.4. The molecular formula is C9H10BrN3O. The molecule has 0 saturated heterocycles. The number of amides is 1. The third kappa shape index (κ3) is 1.93. The minimum atomic E-state index is -0.171. The summed E-state index contributed by atoms with van der Waals surface area (Å²) in [6.45, 7) is 0. The maximum absolute atomic E-state index is 11.6. The Morgan fingerprint density at radius 3 is 3.00 bits per heavy atom. The van der Waals surface area contributed by atoms with Gasteiger partial charge in [-0.1, -0.05) is 0 Å². The van der Waals surface area contributed by atoms with E-state index in [0.29, 0.717) is 10.2 Å². The lowest BCUT2D eigenvalue weighted by Gasteiger charge is -2.03. The lowest BCUT2D eigenvalue weighted by Crippen LogP contribution is -2.30. The first-order chi connectivity index (χ1) is 6.68. The minimum absolute atomic E-state index is 0.112. The van der Waals surface area contributed by atoms with Crippen LogP contribution in [0, 0.1) is 0 Å². The number of rotatable bonds is 2. The van der Waals surface area contributed by atoms with Crippen molar-refractivity contribution in [3.05, 3.63) is 28.5 Å². The zero-order valence-corrected chi connectivity index (χ0v) is 8.99. The summed E-state index contributed by atoms with van der Waals surface area (Å²) < 4.78 is 0.701. The van der Waals surface area contributed by atoms with Gasteiger partial charge in [0.25, 0.3) is 5.91 Å². The van der Waals surface area contributed by atoms with Gasteiger partial charge >= 0.3 is 0 Å². The van der Waals surface area contributed by atoms with Crippen LogP contribution in [0.3, 0.4) is 0 Å². The molecule has 2 rings (SSSR count). The highest BCUT2D eigenvalue weighted by molar-refractivity contribution is 9.10. The van der Waals surface area contributed by atoms with Crippen molar-refractivity contribution in [3.8, 4) is 0 Å². The number of nitrogens with zero attached hydrogens (tertiary/aromatic N) is 1. The molecule has 5 heteroatoms. The minimum Gasteiger partial charge on any atom is -0.346 e. The molecule has 0 aliphatic heterocycles. The Labute approximate surface area is 90.0 Å². The standard InChI is InChI=1S/C9H10BrN3O/c10-5-2-1-3-12-8(5)9(14)13-7-4-6(7)11/h1-3,6-7H,4,11H2,(H,13,14). The van der Waals surface area contributed by atoms with Crippen LogP contribution in [-0.2, 0) is 0 Å². The van der Waals surface area contributed by atoms with Crippen LogP contribution in [0.2, 0.25) is 0 Å². The topological polar surface area (TPSA) is 68.0 Å². The van der Waals surface area contributed by atoms with Crippen molar-refractivity contribution in [2.45, 2.75) is 18.5 Å². The quantitative estimate of drug-likeness (QED) is 0.817. The van der Waals surface area contributed by atoms with E-state index in [1.54, 1.807) is 18.3 Å². The van der Waals surface area contributed by atoms with E-state index in [1.807, 2.05) is 0 Å². The SMILES string of the molecule is NC1CC1NC(=O)c1ncccc1Br. The third-order valence-electron chi connectivity index (χ3n) is 2.13. The summed E-state index contributed by atoms with van der Waals surface area (Å²) in [5, 5.41) is 2.80. The van der Waals surface area contributed by atoms with Crippen LogP contribution in [-0.4, -0.2) is 23.0 Å². The van der Waals surface area contributed by atoms with Gasteiger partial charge in [0.05, 0.1) is 0 Å². The fourth-order valence-electron chi connectivity index (χ4n) is 1.17. The monoisotopic (exact) mass is 255 g/mol. The average molecular weight is 256 g/mol. The van der Waals surface area contributed by atoms with Crippen LogP contribution in [0.4, 0.5) is 0 Å². The van der Waals surface area contributed by atoms with Crippen molar-refractivity contribution in [2.24, 2.45) is 5.73 Å². The summed E-state index contributed by atoms with van der Waals surface area (Å²) in [7, 11) is 0. The Bertz CT molecular complexity index is 369. The molecule has 1 aliphatic rings. The van der Waals surface area contributed by atoms with Crippen LogP contribution < -0.4 is 11.1 Å². The van der Waals surface area contributed by atoms with Crippen LogP contribution in [0.15, 0.2) is 22.8 Å². The molecular weight excluding hydrogens is 246 g/mol. The molecule has 0 aromatic carbocycles. The molecule has 0 bridgehead atoms. The molecule has 1 aromatic heterocycles. The number of pyridine rings is 1. The van der Waals surface area contributed by atoms with E-state index in [4.69, 9.17) is 5.73 Å². The van der Waals surface area contributed by atoms with Crippen molar-refractivity contribution in [1.82, 2.24) is 10.3 Å². The smallest absolute Gasteiger partial charge is 0.271 e. The van der Waals surface area contributed by atoms with E-state index < -0.39 is 0 Å². The fraction of sp³-hybridized carbons (Fsp3) is 0.333. The van der Waals surface area contributed by atoms with E-state index in [1.165, 1.54) is 0 Å². The van der Waals surface area contributed by atoms with Gasteiger partial charge in [-0.2, -0.15) is 0 Å². The Balaban J connectivity index is 2.07. The van der Waals surface area contributed by atoms with E-state index in [-0.39, 0.29) is 18.0 Å². The van der Waals surface area contributed by atoms with Crippen LogP contribution in [0.1, 0.15) is 16.9 Å². The predicted molar refractivity (Wildman–Crippen MR) is 55.8 cm³/mol. The van der Waals surface area contributed by atoms with Gasteiger partial charge < -0.3 is 11.1 Å². The molecule has 2 unspecified atom stereocenters. The summed E-state index contributed by atoms with van der Waals surface area (Å²) in [6, 6.07) is 3.79. The van der Waals surface area contributed by atoms with Crippen LogP contribution in [0.5, 0.6) is 0 Å². The maximum atomic E-state index is 11.6. The zero-order valence-electron chi connectivity index (χ0n) is 7.40. The van der Waals surface area contributed by atoms with Crippen molar-refractivity contribution < 1.29 is 4.79 Å². The molecule has 4 nitrogen and oxygen atoms in total. The maximum Gasteiger partial charge on any atom is 0.271 e. The molecule has 14 heavy (non-hydrogen) atoms. The Morgan fingerprint density at radius 2 is 2.43 bits per heavy atom. The fourth-order valence-corrected chi connectivity index (χ4v) is 1.61. The lowest BCUT2D eigenvalue weighted by molar-refractivity contribution is 0.0944. The summed E-state index contributed by atoms with van der Waals surface area (Å²) in [4.78, 5) is 15.6. The van der Waals surface area contributed by atoms with Gasteiger partial charge in [-0.3, -0.25) is 4.79 Å². The van der Waals surface area contributed by atoms with Gasteiger partial charge in [-0.05, 0) is 34.5 Å². The molecule has 1 amide bonds. The lowest BCUT2D eigenvalue weighted by atomic mass is 10.3. The predicted octanol–water partition coefficient (Wildman–Crippen LogP) is 0.674. The van der Waals surface area contributed by atoms with Crippen molar-refractivity contribution in [1.29, 1.82) is 0 Å². The van der Waals surface area contributed by atoms with E-state index in [2.05, 4.69) is 26.2 Å². The molecule has 0 spiro atoms. The number of aromatic nitrogens is 1. The first kappa shape index (κ1) is 9.61. The summed E-state index contributed by atoms with van der Waals surface area (Å²) in [5.41, 5.74) is 5.99. The number of carbonyl (C=O) groups is 1. The average Bonchev–Trinajstić information content (AvgIpc) is 2.82. The molecule has 2 atom stereocenters. The first-order valence-electron chi connectivity index (χ1n) is 4.35. The van der Waals surface area contributed by atoms with Gasteiger partial charge in [-0.15, -0.1) is 0 Å². The summed E-state index contributed by atoms with van der Waals surface area (Å²) in [6.07, 6.45) is 2.45. The summed E-state index contributed by atoms with van der Waals surface area (Å²) in [5.74, 6) is -0.171. The molecule has 0 radical (unpaired) electrons. The van der Waals surface area contributed by atoms with Crippen LogP contribution >= 0.6 is 15.9 Å². The second-order valence-electron chi connectivity index (χ2n) is 3.31. The number of nitrogens with one attached hydrogen (secondary N) is 1. The van der Waals surface area contributed by atoms with Gasteiger partial charge in [0.1, 0.15) is 5.69 Å². The molecule has 1 aromatic rings. The molecule has 1 aliphatic carbocycles. The van der Waals surface area contributed by atoms with Gasteiger partial charge in [0, 0.05) is 22.8 Å². The summed E-state index contributed by atoms with van der Waals surface area (Å²) >= 11 is 3.27. The second-order valence-corrected chi connectivity index (χ2v) is 4.17. The molecule has 3 N–H and O–H groups in total. The van der Waals surface area contributed by atoms with E-state index in [0.717, 1.165) is 6.42 Å². The van der Waals surface area contributed by atoms with Gasteiger partial charge in [0.2, 0.25) is 0 Å². The third-order valence-corrected chi connectivity index (χ3v) is 2.77. The van der Waals surface area contributed by atoms with Gasteiger partial charge in [-0.25, -0.2) is 4.98 Å². The molecule has 1 heterocycles. The highest BCUT2D eigenvalue weighted by Crippen LogP contribution is 2.19.